The normalized spacial score (nSPS) is 49.0. The largest absolute Gasteiger partial charge is 0.0625 e. The molecular formula is C24H42. The average Bonchev–Trinajstić information content (AvgIpc) is 3.08. The minimum absolute atomic E-state index is 0.534. The molecule has 0 heteroatoms. The molecule has 0 nitrogen and oxygen atoms in total. The van der Waals surface area contributed by atoms with Crippen molar-refractivity contribution in [1.29, 1.82) is 0 Å². The predicted octanol–water partition coefficient (Wildman–Crippen LogP) is 7.33. The molecule has 4 aliphatic rings. The lowest BCUT2D eigenvalue weighted by Crippen LogP contribution is -2.29. The van der Waals surface area contributed by atoms with Crippen LogP contribution in [-0.4, -0.2) is 0 Å². The summed E-state index contributed by atoms with van der Waals surface area (Å²) in [6, 6.07) is 0. The molecule has 0 N–H and O–H groups in total. The summed E-state index contributed by atoms with van der Waals surface area (Å²) in [5.74, 6) is 8.61. The molecule has 0 aromatic heterocycles. The highest BCUT2D eigenvalue weighted by atomic mass is 14.5. The van der Waals surface area contributed by atoms with E-state index in [1.54, 1.807) is 57.8 Å². The van der Waals surface area contributed by atoms with E-state index in [-0.39, 0.29) is 0 Å². The number of rotatable bonds is 2. The van der Waals surface area contributed by atoms with Gasteiger partial charge >= 0.3 is 0 Å². The van der Waals surface area contributed by atoms with Crippen LogP contribution in [-0.2, 0) is 0 Å². The van der Waals surface area contributed by atoms with Crippen LogP contribution < -0.4 is 0 Å². The molecule has 138 valence electrons. The highest BCUT2D eigenvalue weighted by Crippen LogP contribution is 2.58. The zero-order chi connectivity index (χ0) is 16.9. The lowest BCUT2D eigenvalue weighted by molar-refractivity contribution is 0.116. The second-order valence-electron chi connectivity index (χ2n) is 11.5. The fourth-order valence-electron chi connectivity index (χ4n) is 8.11. The molecule has 0 aromatic carbocycles. The van der Waals surface area contributed by atoms with Crippen molar-refractivity contribution in [3.63, 3.8) is 0 Å². The van der Waals surface area contributed by atoms with Crippen molar-refractivity contribution in [2.45, 2.75) is 98.3 Å². The Morgan fingerprint density at radius 1 is 0.708 bits per heavy atom. The minimum atomic E-state index is 0.534. The molecule has 0 spiro atoms. The van der Waals surface area contributed by atoms with Crippen LogP contribution in [0.25, 0.3) is 0 Å². The molecule has 0 amide bonds. The summed E-state index contributed by atoms with van der Waals surface area (Å²) in [6.07, 6.45) is 17.2. The van der Waals surface area contributed by atoms with E-state index in [1.807, 2.05) is 0 Å². The first kappa shape index (κ1) is 17.4. The second kappa shape index (κ2) is 6.62. The molecule has 0 aliphatic heterocycles. The molecule has 0 radical (unpaired) electrons. The Bertz CT molecular complexity index is 430. The third-order valence-electron chi connectivity index (χ3n) is 9.01. The van der Waals surface area contributed by atoms with Gasteiger partial charge in [0.15, 0.2) is 0 Å². The van der Waals surface area contributed by atoms with Crippen molar-refractivity contribution < 1.29 is 0 Å². The highest BCUT2D eigenvalue weighted by Gasteiger charge is 2.49. The Morgan fingerprint density at radius 2 is 1.46 bits per heavy atom. The van der Waals surface area contributed by atoms with Crippen molar-refractivity contribution in [2.75, 3.05) is 0 Å². The molecule has 24 heavy (non-hydrogen) atoms. The first-order valence-corrected chi connectivity index (χ1v) is 11.4. The van der Waals surface area contributed by atoms with Gasteiger partial charge in [0.2, 0.25) is 0 Å². The van der Waals surface area contributed by atoms with Gasteiger partial charge in [-0.1, -0.05) is 59.8 Å². The topological polar surface area (TPSA) is 0 Å². The van der Waals surface area contributed by atoms with Gasteiger partial charge in [-0.25, -0.2) is 0 Å². The molecule has 4 fully saturated rings. The number of hydrogen-bond acceptors (Lipinski definition) is 0. The smallest absolute Gasteiger partial charge is 0.0331 e. The molecule has 8 unspecified atom stereocenters. The summed E-state index contributed by atoms with van der Waals surface area (Å²) >= 11 is 0. The van der Waals surface area contributed by atoms with Gasteiger partial charge in [-0.05, 0) is 91.3 Å². The van der Waals surface area contributed by atoms with Gasteiger partial charge in [-0.2, -0.15) is 0 Å². The molecular weight excluding hydrogens is 288 g/mol. The van der Waals surface area contributed by atoms with Crippen molar-refractivity contribution in [3.05, 3.63) is 0 Å². The third-order valence-corrected chi connectivity index (χ3v) is 9.01. The second-order valence-corrected chi connectivity index (χ2v) is 11.5. The van der Waals surface area contributed by atoms with Crippen LogP contribution in [0.2, 0.25) is 0 Å². The van der Waals surface area contributed by atoms with Crippen molar-refractivity contribution in [3.8, 4) is 0 Å². The molecule has 8 atom stereocenters. The van der Waals surface area contributed by atoms with E-state index in [4.69, 9.17) is 0 Å². The Morgan fingerprint density at radius 3 is 2.21 bits per heavy atom. The maximum atomic E-state index is 2.53. The van der Waals surface area contributed by atoms with Crippen LogP contribution in [0.5, 0.6) is 0 Å². The van der Waals surface area contributed by atoms with Crippen LogP contribution in [0.1, 0.15) is 98.3 Å². The molecule has 0 bridgehead atoms. The summed E-state index contributed by atoms with van der Waals surface area (Å²) in [7, 11) is 0. The Hall–Kier alpha value is 0. The minimum Gasteiger partial charge on any atom is -0.0625 e. The monoisotopic (exact) mass is 330 g/mol. The van der Waals surface area contributed by atoms with Crippen LogP contribution in [0.15, 0.2) is 0 Å². The lowest BCUT2D eigenvalue weighted by atomic mass is 9.67. The molecule has 0 aromatic rings. The predicted molar refractivity (Wildman–Crippen MR) is 104 cm³/mol. The van der Waals surface area contributed by atoms with Gasteiger partial charge < -0.3 is 0 Å². The van der Waals surface area contributed by atoms with E-state index in [9.17, 15) is 0 Å². The maximum absolute atomic E-state index is 2.53. The average molecular weight is 331 g/mol. The van der Waals surface area contributed by atoms with Crippen LogP contribution in [0.4, 0.5) is 0 Å². The lowest BCUT2D eigenvalue weighted by Gasteiger charge is -2.38. The van der Waals surface area contributed by atoms with Crippen LogP contribution in [0, 0.1) is 52.8 Å². The molecule has 0 saturated heterocycles. The van der Waals surface area contributed by atoms with Gasteiger partial charge in [0.25, 0.3) is 0 Å². The van der Waals surface area contributed by atoms with E-state index >= 15 is 0 Å². The third kappa shape index (κ3) is 3.21. The van der Waals surface area contributed by atoms with E-state index in [0.717, 1.165) is 47.3 Å². The van der Waals surface area contributed by atoms with E-state index in [2.05, 4.69) is 27.7 Å². The number of hydrogen-bond donors (Lipinski definition) is 0. The van der Waals surface area contributed by atoms with E-state index in [0.29, 0.717) is 5.41 Å². The van der Waals surface area contributed by atoms with Gasteiger partial charge in [0.1, 0.15) is 0 Å². The van der Waals surface area contributed by atoms with E-state index in [1.165, 1.54) is 12.8 Å². The Balaban J connectivity index is 1.47. The van der Waals surface area contributed by atoms with Crippen molar-refractivity contribution in [1.82, 2.24) is 0 Å². The molecule has 4 rings (SSSR count). The van der Waals surface area contributed by atoms with Gasteiger partial charge in [0.05, 0.1) is 0 Å². The highest BCUT2D eigenvalue weighted by molar-refractivity contribution is 4.99. The first-order valence-electron chi connectivity index (χ1n) is 11.4. The van der Waals surface area contributed by atoms with Crippen LogP contribution >= 0.6 is 0 Å². The van der Waals surface area contributed by atoms with Gasteiger partial charge in [0, 0.05) is 0 Å². The standard InChI is InChI=1S/C24H42/c1-16-12-17-8-7-9-18(22(17)13-16)14-19-15-23(24(2,3)4)21-11-6-5-10-20(19)21/h16-23H,5-15H2,1-4H3. The summed E-state index contributed by atoms with van der Waals surface area (Å²) in [5.41, 5.74) is 0.534. The fourth-order valence-corrected chi connectivity index (χ4v) is 8.11. The van der Waals surface area contributed by atoms with Crippen molar-refractivity contribution in [2.24, 2.45) is 52.8 Å². The zero-order valence-corrected chi connectivity index (χ0v) is 16.9. The quantitative estimate of drug-likeness (QED) is 0.497. The van der Waals surface area contributed by atoms with Crippen molar-refractivity contribution >= 4 is 0 Å². The summed E-state index contributed by atoms with van der Waals surface area (Å²) in [4.78, 5) is 0. The molecule has 0 heterocycles. The summed E-state index contributed by atoms with van der Waals surface area (Å²) in [5, 5.41) is 0. The maximum Gasteiger partial charge on any atom is -0.0331 e. The Kier molecular flexibility index (Phi) is 4.81. The van der Waals surface area contributed by atoms with Gasteiger partial charge in [-0.15, -0.1) is 0 Å². The van der Waals surface area contributed by atoms with Crippen LogP contribution in [0.3, 0.4) is 0 Å². The Labute approximate surface area is 151 Å². The molecule has 4 saturated carbocycles. The zero-order valence-electron chi connectivity index (χ0n) is 16.9. The van der Waals surface area contributed by atoms with Gasteiger partial charge in [-0.3, -0.25) is 0 Å². The number of fused-ring (bicyclic) bond motifs is 2. The molecule has 4 aliphatic carbocycles. The fraction of sp³-hybridized carbons (Fsp3) is 1.00. The first-order chi connectivity index (χ1) is 11.4. The summed E-state index contributed by atoms with van der Waals surface area (Å²) < 4.78 is 0. The SMILES string of the molecule is CC1CC2CCCC(CC3CC(C(C)(C)C)C4CCCCC34)C2C1. The summed E-state index contributed by atoms with van der Waals surface area (Å²) in [6.45, 7) is 10.1. The van der Waals surface area contributed by atoms with E-state index < -0.39 is 0 Å².